The Hall–Kier alpha value is -3.85. The number of hydrogen-bond acceptors (Lipinski definition) is 4. The molecule has 45 heavy (non-hydrogen) atoms. The molecule has 2 amide bonds. The number of amides is 2. The molecule has 1 atom stereocenters. The maximum Gasteiger partial charge on any atom is 0.264 e. The number of nitrogens with zero attached hydrogens (tertiary/aromatic N) is 2. The van der Waals surface area contributed by atoms with Gasteiger partial charge in [-0.2, -0.15) is 0 Å². The largest absolute Gasteiger partial charge is 0.352 e. The molecule has 0 heterocycles. The third kappa shape index (κ3) is 8.45. The van der Waals surface area contributed by atoms with Crippen molar-refractivity contribution in [1.29, 1.82) is 0 Å². The fraction of sp³-hybridized carbons (Fsp3) is 0.257. The van der Waals surface area contributed by atoms with Crippen LogP contribution in [0.4, 0.5) is 5.69 Å². The molecule has 0 aromatic heterocycles. The topological polar surface area (TPSA) is 86.8 Å². The lowest BCUT2D eigenvalue weighted by atomic mass is 10.0. The highest BCUT2D eigenvalue weighted by Crippen LogP contribution is 2.28. The van der Waals surface area contributed by atoms with Gasteiger partial charge in [-0.3, -0.25) is 13.9 Å². The number of anilines is 1. The molecular formula is C35H35Cl2N3O4S. The smallest absolute Gasteiger partial charge is 0.264 e. The third-order valence-electron chi connectivity index (χ3n) is 7.95. The fourth-order valence-corrected chi connectivity index (χ4v) is 7.31. The van der Waals surface area contributed by atoms with Crippen LogP contribution in [-0.4, -0.2) is 43.8 Å². The molecular weight excluding hydrogens is 629 g/mol. The van der Waals surface area contributed by atoms with Gasteiger partial charge in [-0.25, -0.2) is 8.42 Å². The Morgan fingerprint density at radius 3 is 2.02 bits per heavy atom. The predicted octanol–water partition coefficient (Wildman–Crippen LogP) is 6.89. The first-order valence-electron chi connectivity index (χ1n) is 14.9. The normalized spacial score (nSPS) is 14.1. The molecule has 1 unspecified atom stereocenters. The van der Waals surface area contributed by atoms with Gasteiger partial charge in [-0.15, -0.1) is 0 Å². The summed E-state index contributed by atoms with van der Waals surface area (Å²) in [5, 5.41) is 3.87. The molecule has 0 radical (unpaired) electrons. The zero-order valence-electron chi connectivity index (χ0n) is 24.7. The van der Waals surface area contributed by atoms with E-state index in [0.717, 1.165) is 41.1 Å². The van der Waals surface area contributed by atoms with Gasteiger partial charge in [0.15, 0.2) is 0 Å². The maximum absolute atomic E-state index is 14.5. The molecule has 4 aromatic carbocycles. The Kier molecular flexibility index (Phi) is 10.8. The van der Waals surface area contributed by atoms with Crippen molar-refractivity contribution in [2.45, 2.75) is 55.6 Å². The van der Waals surface area contributed by atoms with Crippen LogP contribution in [-0.2, 0) is 32.6 Å². The van der Waals surface area contributed by atoms with E-state index in [1.807, 2.05) is 60.7 Å². The lowest BCUT2D eigenvalue weighted by Gasteiger charge is -2.34. The maximum atomic E-state index is 14.5. The highest BCUT2D eigenvalue weighted by Gasteiger charge is 2.35. The van der Waals surface area contributed by atoms with Crippen molar-refractivity contribution in [2.75, 3.05) is 10.8 Å². The molecule has 10 heteroatoms. The summed E-state index contributed by atoms with van der Waals surface area (Å²) in [6, 6.07) is 30.2. The van der Waals surface area contributed by atoms with E-state index in [1.165, 1.54) is 35.2 Å². The monoisotopic (exact) mass is 663 g/mol. The minimum atomic E-state index is -4.24. The Balaban J connectivity index is 1.55. The van der Waals surface area contributed by atoms with Crippen LogP contribution in [0.5, 0.6) is 0 Å². The van der Waals surface area contributed by atoms with Crippen molar-refractivity contribution in [3.63, 3.8) is 0 Å². The summed E-state index contributed by atoms with van der Waals surface area (Å²) in [5.74, 6) is -0.788. The number of nitrogens with one attached hydrogen (secondary N) is 1. The van der Waals surface area contributed by atoms with Crippen molar-refractivity contribution in [3.8, 4) is 0 Å². The Labute approximate surface area is 274 Å². The third-order valence-corrected chi connectivity index (χ3v) is 10.2. The molecule has 1 N–H and O–H groups in total. The minimum absolute atomic E-state index is 0.0332. The molecule has 1 fully saturated rings. The Morgan fingerprint density at radius 2 is 1.40 bits per heavy atom. The number of sulfonamides is 1. The number of rotatable bonds is 12. The highest BCUT2D eigenvalue weighted by molar-refractivity contribution is 7.92. The molecule has 0 bridgehead atoms. The van der Waals surface area contributed by atoms with Crippen molar-refractivity contribution < 1.29 is 18.0 Å². The van der Waals surface area contributed by atoms with E-state index in [-0.39, 0.29) is 35.5 Å². The first kappa shape index (κ1) is 32.5. The average Bonchev–Trinajstić information content (AvgIpc) is 3.55. The Bertz CT molecular complexity index is 1700. The zero-order valence-corrected chi connectivity index (χ0v) is 27.0. The lowest BCUT2D eigenvalue weighted by Crippen LogP contribution is -2.54. The van der Waals surface area contributed by atoms with E-state index in [2.05, 4.69) is 5.32 Å². The molecule has 0 spiro atoms. The second kappa shape index (κ2) is 15.0. The van der Waals surface area contributed by atoms with E-state index in [4.69, 9.17) is 23.2 Å². The predicted molar refractivity (Wildman–Crippen MR) is 179 cm³/mol. The molecule has 4 aromatic rings. The number of carbonyl (C=O) groups is 2. The van der Waals surface area contributed by atoms with E-state index in [1.54, 1.807) is 18.2 Å². The van der Waals surface area contributed by atoms with Gasteiger partial charge in [0.1, 0.15) is 12.6 Å². The molecule has 234 valence electrons. The number of halogens is 2. The highest BCUT2D eigenvalue weighted by atomic mass is 35.5. The van der Waals surface area contributed by atoms with Crippen LogP contribution >= 0.6 is 23.2 Å². The van der Waals surface area contributed by atoms with Gasteiger partial charge in [0, 0.05) is 29.1 Å². The van der Waals surface area contributed by atoms with E-state index in [0.29, 0.717) is 10.0 Å². The van der Waals surface area contributed by atoms with Crippen LogP contribution in [0.3, 0.4) is 0 Å². The van der Waals surface area contributed by atoms with E-state index < -0.39 is 28.5 Å². The second-order valence-corrected chi connectivity index (χ2v) is 13.9. The van der Waals surface area contributed by atoms with Crippen LogP contribution in [0.25, 0.3) is 0 Å². The summed E-state index contributed by atoms with van der Waals surface area (Å²) < 4.78 is 29.2. The SMILES string of the molecule is O=C(NC1CCCC1)C(Cc1ccccc1)N(Cc1ccccc1)C(=O)CN(c1cccc(Cl)c1)S(=O)(=O)c1ccc(Cl)cc1. The Morgan fingerprint density at radius 1 is 0.778 bits per heavy atom. The van der Waals surface area contributed by atoms with E-state index >= 15 is 0 Å². The fourth-order valence-electron chi connectivity index (χ4n) is 5.60. The number of hydrogen-bond donors (Lipinski definition) is 1. The standard InChI is InChI=1S/C35H35Cl2N3O4S/c36-28-18-20-32(21-19-28)45(43,44)40(31-17-9-14-29(37)23-31)25-34(41)39(24-27-12-5-2-6-13-27)33(22-26-10-3-1-4-11-26)35(42)38-30-15-7-8-16-30/h1-6,9-14,17-21,23,30,33H,7-8,15-16,22,24-25H2,(H,38,42). The van der Waals surface area contributed by atoms with Gasteiger partial charge >= 0.3 is 0 Å². The van der Waals surface area contributed by atoms with Crippen molar-refractivity contribution in [3.05, 3.63) is 130 Å². The summed E-state index contributed by atoms with van der Waals surface area (Å²) in [6.07, 6.45) is 4.12. The van der Waals surface area contributed by atoms with Crippen LogP contribution in [0, 0.1) is 0 Å². The average molecular weight is 665 g/mol. The minimum Gasteiger partial charge on any atom is -0.352 e. The van der Waals surface area contributed by atoms with Crippen molar-refractivity contribution in [2.24, 2.45) is 0 Å². The van der Waals surface area contributed by atoms with E-state index in [9.17, 15) is 18.0 Å². The first-order chi connectivity index (χ1) is 21.7. The number of benzene rings is 4. The zero-order chi connectivity index (χ0) is 31.8. The molecule has 0 aliphatic heterocycles. The number of carbonyl (C=O) groups excluding carboxylic acids is 2. The van der Waals surface area contributed by atoms with Gasteiger partial charge in [0.05, 0.1) is 10.6 Å². The molecule has 1 aliphatic rings. The quantitative estimate of drug-likeness (QED) is 0.179. The van der Waals surface area contributed by atoms with Crippen molar-refractivity contribution >= 4 is 50.7 Å². The van der Waals surface area contributed by atoms with Gasteiger partial charge in [-0.1, -0.05) is 103 Å². The van der Waals surface area contributed by atoms with Crippen LogP contribution < -0.4 is 9.62 Å². The lowest BCUT2D eigenvalue weighted by molar-refractivity contribution is -0.140. The summed E-state index contributed by atoms with van der Waals surface area (Å²) in [4.78, 5) is 30.0. The molecule has 0 saturated heterocycles. The van der Waals surface area contributed by atoms with Gasteiger partial charge in [-0.05, 0) is 66.4 Å². The van der Waals surface area contributed by atoms with Crippen LogP contribution in [0.1, 0.15) is 36.8 Å². The van der Waals surface area contributed by atoms with Crippen molar-refractivity contribution in [1.82, 2.24) is 10.2 Å². The molecule has 5 rings (SSSR count). The second-order valence-electron chi connectivity index (χ2n) is 11.1. The summed E-state index contributed by atoms with van der Waals surface area (Å²) in [6.45, 7) is -0.445. The summed E-state index contributed by atoms with van der Waals surface area (Å²) in [7, 11) is -4.24. The van der Waals surface area contributed by atoms with Crippen LogP contribution in [0.2, 0.25) is 10.0 Å². The van der Waals surface area contributed by atoms with Crippen LogP contribution in [0.15, 0.2) is 114 Å². The van der Waals surface area contributed by atoms with Gasteiger partial charge in [0.25, 0.3) is 10.0 Å². The van der Waals surface area contributed by atoms with Gasteiger partial charge in [0.2, 0.25) is 11.8 Å². The molecule has 7 nitrogen and oxygen atoms in total. The first-order valence-corrected chi connectivity index (χ1v) is 17.1. The summed E-state index contributed by atoms with van der Waals surface area (Å²) >= 11 is 12.3. The molecule has 1 saturated carbocycles. The molecule has 1 aliphatic carbocycles. The van der Waals surface area contributed by atoms with Gasteiger partial charge < -0.3 is 10.2 Å². The summed E-state index contributed by atoms with van der Waals surface area (Å²) in [5.41, 5.74) is 1.92.